The second-order valence-corrected chi connectivity index (χ2v) is 4.95. The zero-order valence-electron chi connectivity index (χ0n) is 10.4. The van der Waals surface area contributed by atoms with Crippen LogP contribution in [0.25, 0.3) is 0 Å². The summed E-state index contributed by atoms with van der Waals surface area (Å²) in [5.41, 5.74) is 6.89. The van der Waals surface area contributed by atoms with E-state index < -0.39 is 0 Å². The van der Waals surface area contributed by atoms with Crippen molar-refractivity contribution in [3.05, 3.63) is 28.2 Å². The lowest BCUT2D eigenvalue weighted by molar-refractivity contribution is -0.121. The van der Waals surface area contributed by atoms with E-state index in [1.807, 2.05) is 0 Å². The topological polar surface area (TPSA) is 73.6 Å². The molecule has 3 N–H and O–H groups in total. The first-order valence-electron chi connectivity index (χ1n) is 5.50. The minimum atomic E-state index is -0.236. The van der Waals surface area contributed by atoms with Crippen molar-refractivity contribution < 1.29 is 14.3 Å². The van der Waals surface area contributed by atoms with Crippen molar-refractivity contribution in [2.45, 2.75) is 0 Å². The number of ether oxygens (including phenoxy) is 2. The van der Waals surface area contributed by atoms with Gasteiger partial charge in [-0.25, -0.2) is 0 Å². The number of anilines is 1. The van der Waals surface area contributed by atoms with Crippen LogP contribution in [0, 0.1) is 0 Å². The van der Waals surface area contributed by atoms with E-state index in [9.17, 15) is 4.79 Å². The summed E-state index contributed by atoms with van der Waals surface area (Å²) in [5, 5.41) is 2.72. The summed E-state index contributed by atoms with van der Waals surface area (Å²) in [7, 11) is 1.57. The molecule has 0 aliphatic rings. The minimum absolute atomic E-state index is 0.0210. The highest BCUT2D eigenvalue weighted by Gasteiger charge is 2.07. The molecule has 0 atom stereocenters. The largest absolute Gasteiger partial charge is 0.389 e. The molecule has 1 amide bonds. The number of rotatable bonds is 7. The van der Waals surface area contributed by atoms with Crippen LogP contribution in [0.5, 0.6) is 0 Å². The van der Waals surface area contributed by atoms with Gasteiger partial charge in [-0.3, -0.25) is 4.79 Å². The van der Waals surface area contributed by atoms with Crippen LogP contribution in [0.15, 0.2) is 22.7 Å². The molecule has 104 valence electrons. The highest BCUT2D eigenvalue weighted by molar-refractivity contribution is 9.10. The number of carbonyl (C=O) groups excluding carboxylic acids is 1. The first kappa shape index (κ1) is 16.0. The second kappa shape index (κ2) is 8.21. The van der Waals surface area contributed by atoms with Gasteiger partial charge in [0.15, 0.2) is 0 Å². The van der Waals surface area contributed by atoms with Gasteiger partial charge in [-0.2, -0.15) is 0 Å². The summed E-state index contributed by atoms with van der Waals surface area (Å²) in [6, 6.07) is 5.23. The summed E-state index contributed by atoms with van der Waals surface area (Å²) in [4.78, 5) is 11.9. The monoisotopic (exact) mass is 346 g/mol. The van der Waals surface area contributed by atoms with Gasteiger partial charge < -0.3 is 20.5 Å². The fourth-order valence-electron chi connectivity index (χ4n) is 1.26. The lowest BCUT2D eigenvalue weighted by Gasteiger charge is -2.09. The lowest BCUT2D eigenvalue weighted by atomic mass is 10.2. The Morgan fingerprint density at radius 1 is 1.47 bits per heavy atom. The molecule has 0 fully saturated rings. The quantitative estimate of drug-likeness (QED) is 0.580. The predicted octanol–water partition coefficient (Wildman–Crippen LogP) is 1.68. The van der Waals surface area contributed by atoms with Crippen LogP contribution in [-0.4, -0.2) is 37.8 Å². The van der Waals surface area contributed by atoms with Crippen LogP contribution >= 0.6 is 28.1 Å². The summed E-state index contributed by atoms with van der Waals surface area (Å²) < 4.78 is 10.6. The third-order valence-corrected chi connectivity index (χ3v) is 3.08. The van der Waals surface area contributed by atoms with Gasteiger partial charge in [0.25, 0.3) is 0 Å². The highest BCUT2D eigenvalue weighted by atomic mass is 79.9. The van der Waals surface area contributed by atoms with Crippen molar-refractivity contribution in [2.75, 3.05) is 32.2 Å². The third-order valence-electron chi connectivity index (χ3n) is 2.19. The van der Waals surface area contributed by atoms with Gasteiger partial charge in [0.2, 0.25) is 5.91 Å². The number of hydrogen-bond donors (Lipinski definition) is 2. The second-order valence-electron chi connectivity index (χ2n) is 3.65. The van der Waals surface area contributed by atoms with Crippen LogP contribution in [0.3, 0.4) is 0 Å². The Hall–Kier alpha value is -1.02. The van der Waals surface area contributed by atoms with Gasteiger partial charge in [0.05, 0.1) is 18.9 Å². The zero-order valence-corrected chi connectivity index (χ0v) is 12.8. The molecule has 0 bridgehead atoms. The number of carbonyl (C=O) groups is 1. The number of benzene rings is 1. The molecule has 0 radical (unpaired) electrons. The maximum Gasteiger partial charge on any atom is 0.250 e. The average molecular weight is 347 g/mol. The Bertz CT molecular complexity index is 468. The highest BCUT2D eigenvalue weighted by Crippen LogP contribution is 2.23. The number of nitrogens with one attached hydrogen (secondary N) is 1. The molecule has 0 heterocycles. The van der Waals surface area contributed by atoms with Crippen LogP contribution in [0.1, 0.15) is 5.56 Å². The van der Waals surface area contributed by atoms with Gasteiger partial charge >= 0.3 is 0 Å². The Morgan fingerprint density at radius 3 is 2.79 bits per heavy atom. The van der Waals surface area contributed by atoms with Gasteiger partial charge in [0.1, 0.15) is 11.6 Å². The fraction of sp³-hybridized carbons (Fsp3) is 0.333. The van der Waals surface area contributed by atoms with Gasteiger partial charge in [-0.1, -0.05) is 12.2 Å². The molecule has 1 aromatic carbocycles. The molecule has 0 aromatic heterocycles. The molecule has 0 aliphatic carbocycles. The number of methoxy groups -OCH3 is 1. The van der Waals surface area contributed by atoms with Gasteiger partial charge in [-0.05, 0) is 34.1 Å². The molecule has 7 heteroatoms. The predicted molar refractivity (Wildman–Crippen MR) is 81.4 cm³/mol. The smallest absolute Gasteiger partial charge is 0.250 e. The molecule has 0 aliphatic heterocycles. The van der Waals surface area contributed by atoms with Crippen molar-refractivity contribution in [1.29, 1.82) is 0 Å². The van der Waals surface area contributed by atoms with Gasteiger partial charge in [0, 0.05) is 17.1 Å². The molecule has 0 saturated heterocycles. The SMILES string of the molecule is COCCOCC(=O)Nc1ccc(C(N)=S)cc1Br. The molecule has 19 heavy (non-hydrogen) atoms. The maximum absolute atomic E-state index is 11.6. The van der Waals surface area contributed by atoms with Crippen LogP contribution in [0.2, 0.25) is 0 Å². The molecule has 5 nitrogen and oxygen atoms in total. The van der Waals surface area contributed by atoms with Crippen LogP contribution in [0.4, 0.5) is 5.69 Å². The number of nitrogens with two attached hydrogens (primary N) is 1. The van der Waals surface area contributed by atoms with Crippen molar-refractivity contribution in [3.63, 3.8) is 0 Å². The Labute approximate surface area is 125 Å². The summed E-state index contributed by atoms with van der Waals surface area (Å²) in [5.74, 6) is -0.236. The van der Waals surface area contributed by atoms with E-state index >= 15 is 0 Å². The van der Waals surface area contributed by atoms with E-state index in [4.69, 9.17) is 27.4 Å². The minimum Gasteiger partial charge on any atom is -0.389 e. The first-order chi connectivity index (χ1) is 9.04. The third kappa shape index (κ3) is 5.65. The lowest BCUT2D eigenvalue weighted by Crippen LogP contribution is -2.20. The molecular formula is C12H15BrN2O3S. The molecule has 1 rings (SSSR count). The summed E-state index contributed by atoms with van der Waals surface area (Å²) in [6.07, 6.45) is 0. The number of thiocarbonyl (C=S) groups is 1. The molecule has 0 saturated carbocycles. The fourth-order valence-corrected chi connectivity index (χ4v) is 1.87. The van der Waals surface area contributed by atoms with E-state index in [2.05, 4.69) is 21.2 Å². The first-order valence-corrected chi connectivity index (χ1v) is 6.70. The van der Waals surface area contributed by atoms with E-state index in [1.54, 1.807) is 25.3 Å². The van der Waals surface area contributed by atoms with Crippen molar-refractivity contribution in [2.24, 2.45) is 5.73 Å². The van der Waals surface area contributed by atoms with Crippen molar-refractivity contribution in [1.82, 2.24) is 0 Å². The standard InChI is InChI=1S/C12H15BrN2O3S/c1-17-4-5-18-7-11(16)15-10-3-2-8(12(14)19)6-9(10)13/h2-3,6H,4-5,7H2,1H3,(H2,14,19)(H,15,16). The molecule has 0 unspecified atom stereocenters. The van der Waals surface area contributed by atoms with Crippen LogP contribution in [-0.2, 0) is 14.3 Å². The number of amides is 1. The Balaban J connectivity index is 2.52. The van der Waals surface area contributed by atoms with Crippen LogP contribution < -0.4 is 11.1 Å². The van der Waals surface area contributed by atoms with E-state index in [-0.39, 0.29) is 12.5 Å². The number of halogens is 1. The van der Waals surface area contributed by atoms with E-state index in [0.717, 1.165) is 5.56 Å². The van der Waals surface area contributed by atoms with Crippen molar-refractivity contribution in [3.8, 4) is 0 Å². The van der Waals surface area contributed by atoms with Gasteiger partial charge in [-0.15, -0.1) is 0 Å². The molecular weight excluding hydrogens is 332 g/mol. The summed E-state index contributed by atoms with van der Waals surface area (Å²) in [6.45, 7) is 0.817. The maximum atomic E-state index is 11.6. The Morgan fingerprint density at radius 2 is 2.21 bits per heavy atom. The average Bonchev–Trinajstić information content (AvgIpc) is 2.37. The molecule has 1 aromatic rings. The molecule has 0 spiro atoms. The zero-order chi connectivity index (χ0) is 14.3. The number of hydrogen-bond acceptors (Lipinski definition) is 4. The van der Waals surface area contributed by atoms with E-state index in [1.165, 1.54) is 0 Å². The Kier molecular flexibility index (Phi) is 6.93. The summed E-state index contributed by atoms with van der Waals surface area (Å²) >= 11 is 8.22. The van der Waals surface area contributed by atoms with Crippen molar-refractivity contribution >= 4 is 44.7 Å². The van der Waals surface area contributed by atoms with E-state index in [0.29, 0.717) is 28.4 Å². The normalized spacial score (nSPS) is 10.2.